The number of amides is 2. The Kier molecular flexibility index (Phi) is 4.12. The number of halogens is 1. The summed E-state index contributed by atoms with van der Waals surface area (Å²) in [5, 5.41) is 0. The van der Waals surface area contributed by atoms with Gasteiger partial charge in [0.2, 0.25) is 0 Å². The van der Waals surface area contributed by atoms with Crippen LogP contribution in [0.4, 0.5) is 4.39 Å². The van der Waals surface area contributed by atoms with Crippen molar-refractivity contribution < 1.29 is 18.8 Å². The summed E-state index contributed by atoms with van der Waals surface area (Å²) in [5.41, 5.74) is 0.324. The van der Waals surface area contributed by atoms with Gasteiger partial charge in [-0.15, -0.1) is 0 Å². The van der Waals surface area contributed by atoms with E-state index in [0.717, 1.165) is 0 Å². The maximum atomic E-state index is 12.8. The lowest BCUT2D eigenvalue weighted by molar-refractivity contribution is -0.155. The molecule has 1 fully saturated rings. The number of piperazine rings is 1. The SMILES string of the molecule is CCN1CCN(CC(=O)c2ccc(F)cc2)C(=O)C1=O. The molecule has 2 amide bonds. The molecule has 2 rings (SSSR count). The van der Waals surface area contributed by atoms with Crippen molar-refractivity contribution in [2.24, 2.45) is 0 Å². The molecule has 5 nitrogen and oxygen atoms in total. The second-order valence-electron chi connectivity index (χ2n) is 4.54. The number of Topliss-reactive ketones (excluding diaryl/α,β-unsaturated/α-hetero) is 1. The number of rotatable bonds is 4. The van der Waals surface area contributed by atoms with E-state index in [0.29, 0.717) is 25.2 Å². The Labute approximate surface area is 116 Å². The molecule has 0 aromatic heterocycles. The first-order chi connectivity index (χ1) is 9.52. The minimum absolute atomic E-state index is 0.159. The van der Waals surface area contributed by atoms with Gasteiger partial charge in [-0.3, -0.25) is 14.4 Å². The number of likely N-dealkylation sites (N-methyl/N-ethyl adjacent to an activating group) is 1. The van der Waals surface area contributed by atoms with Crippen molar-refractivity contribution in [3.63, 3.8) is 0 Å². The quantitative estimate of drug-likeness (QED) is 0.602. The maximum Gasteiger partial charge on any atom is 0.312 e. The topological polar surface area (TPSA) is 57.7 Å². The van der Waals surface area contributed by atoms with Crippen LogP contribution in [-0.2, 0) is 9.59 Å². The number of carbonyl (C=O) groups excluding carboxylic acids is 3. The minimum atomic E-state index is -0.659. The van der Waals surface area contributed by atoms with E-state index in [2.05, 4.69) is 0 Å². The average Bonchev–Trinajstić information content (AvgIpc) is 2.45. The molecule has 1 aliphatic heterocycles. The van der Waals surface area contributed by atoms with Crippen molar-refractivity contribution in [2.75, 3.05) is 26.2 Å². The summed E-state index contributed by atoms with van der Waals surface area (Å²) in [6.45, 7) is 2.88. The number of hydrogen-bond acceptors (Lipinski definition) is 3. The highest BCUT2D eigenvalue weighted by Crippen LogP contribution is 2.08. The zero-order valence-corrected chi connectivity index (χ0v) is 11.1. The number of nitrogens with zero attached hydrogens (tertiary/aromatic N) is 2. The third-order valence-electron chi connectivity index (χ3n) is 3.28. The van der Waals surface area contributed by atoms with Gasteiger partial charge in [0.25, 0.3) is 0 Å². The van der Waals surface area contributed by atoms with Gasteiger partial charge in [0.15, 0.2) is 5.78 Å². The van der Waals surface area contributed by atoms with E-state index >= 15 is 0 Å². The summed E-state index contributed by atoms with van der Waals surface area (Å²) in [6.07, 6.45) is 0. The lowest BCUT2D eigenvalue weighted by Gasteiger charge is -2.32. The molecule has 1 aromatic carbocycles. The number of carbonyl (C=O) groups is 3. The van der Waals surface area contributed by atoms with E-state index < -0.39 is 17.6 Å². The lowest BCUT2D eigenvalue weighted by atomic mass is 10.1. The van der Waals surface area contributed by atoms with Crippen LogP contribution in [0.15, 0.2) is 24.3 Å². The molecule has 0 saturated carbocycles. The Morgan fingerprint density at radius 3 is 2.25 bits per heavy atom. The third kappa shape index (κ3) is 2.84. The van der Waals surface area contributed by atoms with Gasteiger partial charge in [-0.25, -0.2) is 4.39 Å². The molecule has 0 atom stereocenters. The standard InChI is InChI=1S/C14H15FN2O3/c1-2-16-7-8-17(14(20)13(16)19)9-12(18)10-3-5-11(15)6-4-10/h3-6H,2,7-9H2,1H3. The van der Waals surface area contributed by atoms with Crippen molar-refractivity contribution in [3.05, 3.63) is 35.6 Å². The molecular weight excluding hydrogens is 263 g/mol. The molecule has 1 heterocycles. The highest BCUT2D eigenvalue weighted by atomic mass is 19.1. The smallest absolute Gasteiger partial charge is 0.312 e. The molecular formula is C14H15FN2O3. The van der Waals surface area contributed by atoms with Crippen molar-refractivity contribution in [1.82, 2.24) is 9.80 Å². The molecule has 0 unspecified atom stereocenters. The second kappa shape index (κ2) is 5.81. The zero-order valence-electron chi connectivity index (χ0n) is 11.1. The van der Waals surface area contributed by atoms with Crippen LogP contribution in [0, 0.1) is 5.82 Å². The Balaban J connectivity index is 2.03. The molecule has 0 spiro atoms. The van der Waals surface area contributed by atoms with Gasteiger partial charge in [-0.05, 0) is 31.2 Å². The largest absolute Gasteiger partial charge is 0.333 e. The highest BCUT2D eigenvalue weighted by Gasteiger charge is 2.32. The van der Waals surface area contributed by atoms with Gasteiger partial charge in [-0.2, -0.15) is 0 Å². The van der Waals surface area contributed by atoms with Crippen LogP contribution in [-0.4, -0.2) is 53.6 Å². The molecule has 0 N–H and O–H groups in total. The predicted molar refractivity (Wildman–Crippen MR) is 69.6 cm³/mol. The van der Waals surface area contributed by atoms with E-state index in [1.165, 1.54) is 34.1 Å². The van der Waals surface area contributed by atoms with Crippen LogP contribution >= 0.6 is 0 Å². The Hall–Kier alpha value is -2.24. The van der Waals surface area contributed by atoms with E-state index in [1.807, 2.05) is 0 Å². The van der Waals surface area contributed by atoms with E-state index in [-0.39, 0.29) is 12.3 Å². The third-order valence-corrected chi connectivity index (χ3v) is 3.28. The van der Waals surface area contributed by atoms with E-state index in [9.17, 15) is 18.8 Å². The van der Waals surface area contributed by atoms with Crippen molar-refractivity contribution in [2.45, 2.75) is 6.92 Å². The summed E-state index contributed by atoms with van der Waals surface area (Å²) in [6, 6.07) is 5.11. The van der Waals surface area contributed by atoms with Crippen LogP contribution in [0.25, 0.3) is 0 Å². The van der Waals surface area contributed by atoms with Gasteiger partial charge in [0.1, 0.15) is 5.82 Å². The highest BCUT2D eigenvalue weighted by molar-refractivity contribution is 6.35. The van der Waals surface area contributed by atoms with Crippen LogP contribution in [0.3, 0.4) is 0 Å². The number of benzene rings is 1. The van der Waals surface area contributed by atoms with Crippen LogP contribution < -0.4 is 0 Å². The molecule has 1 aromatic rings. The van der Waals surface area contributed by atoms with Gasteiger partial charge in [-0.1, -0.05) is 0 Å². The molecule has 0 radical (unpaired) electrons. The monoisotopic (exact) mass is 278 g/mol. The van der Waals surface area contributed by atoms with E-state index in [4.69, 9.17) is 0 Å². The fraction of sp³-hybridized carbons (Fsp3) is 0.357. The number of hydrogen-bond donors (Lipinski definition) is 0. The molecule has 106 valence electrons. The Morgan fingerprint density at radius 2 is 1.65 bits per heavy atom. The first kappa shape index (κ1) is 14.2. The molecule has 0 aliphatic carbocycles. The van der Waals surface area contributed by atoms with Crippen molar-refractivity contribution >= 4 is 17.6 Å². The zero-order chi connectivity index (χ0) is 14.7. The number of ketones is 1. The van der Waals surface area contributed by atoms with E-state index in [1.54, 1.807) is 6.92 Å². The van der Waals surface area contributed by atoms with Gasteiger partial charge < -0.3 is 9.80 Å². The minimum Gasteiger partial charge on any atom is -0.333 e. The van der Waals surface area contributed by atoms with Crippen molar-refractivity contribution in [3.8, 4) is 0 Å². The van der Waals surface area contributed by atoms with Crippen LogP contribution in [0.5, 0.6) is 0 Å². The van der Waals surface area contributed by atoms with Crippen LogP contribution in [0.1, 0.15) is 17.3 Å². The molecule has 20 heavy (non-hydrogen) atoms. The Bertz CT molecular complexity index is 542. The fourth-order valence-corrected chi connectivity index (χ4v) is 2.07. The van der Waals surface area contributed by atoms with Gasteiger partial charge in [0.05, 0.1) is 6.54 Å². The first-order valence-corrected chi connectivity index (χ1v) is 6.40. The molecule has 6 heteroatoms. The summed E-state index contributed by atoms with van der Waals surface area (Å²) in [4.78, 5) is 38.2. The normalized spacial score (nSPS) is 15.7. The van der Waals surface area contributed by atoms with Crippen molar-refractivity contribution in [1.29, 1.82) is 0 Å². The average molecular weight is 278 g/mol. The molecule has 0 bridgehead atoms. The van der Waals surface area contributed by atoms with Crippen LogP contribution in [0.2, 0.25) is 0 Å². The predicted octanol–water partition coefficient (Wildman–Crippen LogP) is 0.699. The van der Waals surface area contributed by atoms with Gasteiger partial charge >= 0.3 is 11.8 Å². The van der Waals surface area contributed by atoms with Gasteiger partial charge in [0, 0.05) is 25.2 Å². The second-order valence-corrected chi connectivity index (χ2v) is 4.54. The molecule has 1 saturated heterocycles. The summed E-state index contributed by atoms with van der Waals surface area (Å²) < 4.78 is 12.8. The maximum absolute atomic E-state index is 12.8. The Morgan fingerprint density at radius 1 is 1.10 bits per heavy atom. The molecule has 1 aliphatic rings. The summed E-state index contributed by atoms with van der Waals surface area (Å²) in [7, 11) is 0. The summed E-state index contributed by atoms with van der Waals surface area (Å²) in [5.74, 6) is -1.97. The fourth-order valence-electron chi connectivity index (χ4n) is 2.07. The first-order valence-electron chi connectivity index (χ1n) is 6.40. The summed E-state index contributed by atoms with van der Waals surface area (Å²) >= 11 is 0. The lowest BCUT2D eigenvalue weighted by Crippen LogP contribution is -2.55.